The highest BCUT2D eigenvalue weighted by Crippen LogP contribution is 2.39. The van der Waals surface area contributed by atoms with E-state index in [2.05, 4.69) is 20.7 Å². The van der Waals surface area contributed by atoms with Crippen molar-refractivity contribution in [2.45, 2.75) is 37.3 Å². The van der Waals surface area contributed by atoms with Gasteiger partial charge in [-0.3, -0.25) is 14.5 Å². The lowest BCUT2D eigenvalue weighted by Gasteiger charge is -2.43. The highest BCUT2D eigenvalue weighted by atomic mass is 16.2. The fraction of sp³-hybridized carbons (Fsp3) is 0.471. The van der Waals surface area contributed by atoms with Gasteiger partial charge in [-0.15, -0.1) is 0 Å². The Bertz CT molecular complexity index is 720. The Kier molecular flexibility index (Phi) is 3.41. The van der Waals surface area contributed by atoms with Gasteiger partial charge in [-0.2, -0.15) is 5.10 Å². The molecule has 0 radical (unpaired) electrons. The molecular weight excluding hydrogens is 290 g/mol. The lowest BCUT2D eigenvalue weighted by Crippen LogP contribution is -2.59. The second-order valence-electron chi connectivity index (χ2n) is 6.53. The second kappa shape index (κ2) is 5.45. The number of carbonyl (C=O) groups excluding carboxylic acids is 1. The fourth-order valence-electron chi connectivity index (χ4n) is 3.73. The van der Waals surface area contributed by atoms with E-state index in [1.54, 1.807) is 17.1 Å². The molecule has 23 heavy (non-hydrogen) atoms. The minimum Gasteiger partial charge on any atom is -0.346 e. The quantitative estimate of drug-likeness (QED) is 0.901. The lowest BCUT2D eigenvalue weighted by molar-refractivity contribution is 0.0872. The van der Waals surface area contributed by atoms with Crippen molar-refractivity contribution < 1.29 is 4.79 Å². The maximum Gasteiger partial charge on any atom is 0.269 e. The van der Waals surface area contributed by atoms with Crippen LogP contribution in [0.3, 0.4) is 0 Å². The highest BCUT2D eigenvalue weighted by Gasteiger charge is 2.47. The van der Waals surface area contributed by atoms with Gasteiger partial charge in [0.1, 0.15) is 5.69 Å². The largest absolute Gasteiger partial charge is 0.346 e. The summed E-state index contributed by atoms with van der Waals surface area (Å²) >= 11 is 0. The molecule has 1 saturated heterocycles. The zero-order valence-corrected chi connectivity index (χ0v) is 13.2. The first-order valence-corrected chi connectivity index (χ1v) is 8.18. The first kappa shape index (κ1) is 14.4. The third-order valence-electron chi connectivity index (χ3n) is 5.22. The van der Waals surface area contributed by atoms with Crippen LogP contribution in [0.2, 0.25) is 0 Å². The normalized spacial score (nSPS) is 22.0. The van der Waals surface area contributed by atoms with Crippen LogP contribution in [0.5, 0.6) is 0 Å². The number of rotatable bonds is 3. The number of nitrogens with zero attached hydrogens (tertiary/aromatic N) is 3. The molecule has 1 amide bonds. The number of aromatic nitrogens is 3. The Morgan fingerprint density at radius 1 is 1.39 bits per heavy atom. The van der Waals surface area contributed by atoms with E-state index in [4.69, 9.17) is 0 Å². The predicted molar refractivity (Wildman–Crippen MR) is 86.9 cm³/mol. The third kappa shape index (κ3) is 2.43. The van der Waals surface area contributed by atoms with Gasteiger partial charge >= 0.3 is 0 Å². The van der Waals surface area contributed by atoms with Crippen LogP contribution >= 0.6 is 0 Å². The molecule has 0 bridgehead atoms. The summed E-state index contributed by atoms with van der Waals surface area (Å²) in [6.07, 6.45) is 8.03. The Morgan fingerprint density at radius 2 is 2.17 bits per heavy atom. The first-order valence-electron chi connectivity index (χ1n) is 8.18. The maximum absolute atomic E-state index is 12.7. The molecule has 1 unspecified atom stereocenters. The molecule has 0 aromatic carbocycles. The number of carbonyl (C=O) groups is 1. The summed E-state index contributed by atoms with van der Waals surface area (Å²) in [5.41, 5.74) is 2.50. The van der Waals surface area contributed by atoms with Crippen LogP contribution in [0.15, 0.2) is 30.6 Å². The molecule has 6 nitrogen and oxygen atoms in total. The van der Waals surface area contributed by atoms with Gasteiger partial charge in [0.2, 0.25) is 0 Å². The summed E-state index contributed by atoms with van der Waals surface area (Å²) in [7, 11) is 1.81. The average Bonchev–Trinajstić information content (AvgIpc) is 3.11. The van der Waals surface area contributed by atoms with Crippen LogP contribution < -0.4 is 10.6 Å². The molecule has 1 spiro atoms. The Morgan fingerprint density at radius 3 is 2.87 bits per heavy atom. The van der Waals surface area contributed by atoms with Crippen LogP contribution in [-0.2, 0) is 7.05 Å². The number of pyridine rings is 1. The lowest BCUT2D eigenvalue weighted by atomic mass is 9.73. The second-order valence-corrected chi connectivity index (χ2v) is 6.53. The molecule has 3 heterocycles. The molecule has 6 heteroatoms. The van der Waals surface area contributed by atoms with Crippen molar-refractivity contribution >= 4 is 5.91 Å². The van der Waals surface area contributed by atoms with Gasteiger partial charge in [0, 0.05) is 36.6 Å². The molecule has 1 atom stereocenters. The van der Waals surface area contributed by atoms with Crippen molar-refractivity contribution in [2.75, 3.05) is 6.54 Å². The summed E-state index contributed by atoms with van der Waals surface area (Å²) in [4.78, 5) is 16.7. The monoisotopic (exact) mass is 311 g/mol. The van der Waals surface area contributed by atoms with Crippen molar-refractivity contribution in [3.8, 4) is 11.3 Å². The number of aryl methyl sites for hydroxylation is 1. The van der Waals surface area contributed by atoms with Gasteiger partial charge in [-0.05, 0) is 50.4 Å². The minimum atomic E-state index is -0.0414. The SMILES string of the molecule is Cn1nc(-c2ccncc2)cc1C(=O)NC1CCNC12CCC2. The van der Waals surface area contributed by atoms with E-state index < -0.39 is 0 Å². The summed E-state index contributed by atoms with van der Waals surface area (Å²) in [6.45, 7) is 0.985. The van der Waals surface area contributed by atoms with Crippen LogP contribution in [0.4, 0.5) is 0 Å². The molecule has 4 rings (SSSR count). The number of hydrogen-bond acceptors (Lipinski definition) is 4. The molecule has 1 saturated carbocycles. The van der Waals surface area contributed by atoms with E-state index in [-0.39, 0.29) is 17.5 Å². The molecule has 1 aliphatic heterocycles. The van der Waals surface area contributed by atoms with Gasteiger partial charge < -0.3 is 10.6 Å². The molecular formula is C17H21N5O. The molecule has 1 aliphatic carbocycles. The third-order valence-corrected chi connectivity index (χ3v) is 5.22. The Labute approximate surface area is 135 Å². The topological polar surface area (TPSA) is 71.8 Å². The van der Waals surface area contributed by atoms with E-state index in [9.17, 15) is 4.79 Å². The van der Waals surface area contributed by atoms with E-state index in [0.29, 0.717) is 5.69 Å². The van der Waals surface area contributed by atoms with E-state index in [1.165, 1.54) is 6.42 Å². The van der Waals surface area contributed by atoms with E-state index >= 15 is 0 Å². The standard InChI is InChI=1S/C17H21N5O/c1-22-14(11-13(21-22)12-3-8-18-9-4-12)16(23)20-15-5-10-19-17(15)6-2-7-17/h3-4,8-9,11,15,19H,2,5-7,10H2,1H3,(H,20,23). The zero-order chi connectivity index (χ0) is 15.9. The van der Waals surface area contributed by atoms with Crippen molar-refractivity contribution in [2.24, 2.45) is 7.05 Å². The highest BCUT2D eigenvalue weighted by molar-refractivity contribution is 5.94. The molecule has 2 aromatic heterocycles. The van der Waals surface area contributed by atoms with Crippen LogP contribution in [-0.4, -0.2) is 38.8 Å². The molecule has 120 valence electrons. The van der Waals surface area contributed by atoms with Crippen LogP contribution in [0.1, 0.15) is 36.2 Å². The van der Waals surface area contributed by atoms with Gasteiger partial charge in [0.15, 0.2) is 0 Å². The fourth-order valence-corrected chi connectivity index (χ4v) is 3.73. The van der Waals surface area contributed by atoms with Gasteiger partial charge in [0.05, 0.1) is 5.69 Å². The van der Waals surface area contributed by atoms with Crippen molar-refractivity contribution in [3.05, 3.63) is 36.3 Å². The summed E-state index contributed by atoms with van der Waals surface area (Å²) in [5, 5.41) is 11.3. The average molecular weight is 311 g/mol. The van der Waals surface area contributed by atoms with Gasteiger partial charge in [-0.25, -0.2) is 0 Å². The zero-order valence-electron chi connectivity index (χ0n) is 13.2. The number of nitrogens with one attached hydrogen (secondary N) is 2. The van der Waals surface area contributed by atoms with Crippen LogP contribution in [0.25, 0.3) is 11.3 Å². The molecule has 2 fully saturated rings. The summed E-state index contributed by atoms with van der Waals surface area (Å²) < 4.78 is 1.65. The Hall–Kier alpha value is -2.21. The van der Waals surface area contributed by atoms with E-state index in [1.807, 2.05) is 25.2 Å². The van der Waals surface area contributed by atoms with Crippen molar-refractivity contribution in [3.63, 3.8) is 0 Å². The predicted octanol–water partition coefficient (Wildman–Crippen LogP) is 1.50. The molecule has 2 aliphatic rings. The van der Waals surface area contributed by atoms with Crippen LogP contribution in [0, 0.1) is 0 Å². The minimum absolute atomic E-state index is 0.0414. The Balaban J connectivity index is 1.54. The van der Waals surface area contributed by atoms with Crippen molar-refractivity contribution in [1.29, 1.82) is 0 Å². The van der Waals surface area contributed by atoms with Gasteiger partial charge in [-0.1, -0.05) is 0 Å². The van der Waals surface area contributed by atoms with Gasteiger partial charge in [0.25, 0.3) is 5.91 Å². The number of amides is 1. The molecule has 2 N–H and O–H groups in total. The first-order chi connectivity index (χ1) is 11.2. The maximum atomic E-state index is 12.7. The number of hydrogen-bond donors (Lipinski definition) is 2. The summed E-state index contributed by atoms with van der Waals surface area (Å²) in [5.74, 6) is -0.0414. The molecule has 2 aromatic rings. The smallest absolute Gasteiger partial charge is 0.269 e. The van der Waals surface area contributed by atoms with Crippen molar-refractivity contribution in [1.82, 2.24) is 25.4 Å². The summed E-state index contributed by atoms with van der Waals surface area (Å²) in [6, 6.07) is 5.87. The van der Waals surface area contributed by atoms with E-state index in [0.717, 1.165) is 37.1 Å².